The predicted molar refractivity (Wildman–Crippen MR) is 143 cm³/mol. The van der Waals surface area contributed by atoms with Gasteiger partial charge in [-0.15, -0.1) is 11.3 Å². The van der Waals surface area contributed by atoms with Crippen molar-refractivity contribution >= 4 is 39.3 Å². The summed E-state index contributed by atoms with van der Waals surface area (Å²) in [5.41, 5.74) is 0.725. The zero-order valence-electron chi connectivity index (χ0n) is 20.4. The van der Waals surface area contributed by atoms with Crippen molar-refractivity contribution in [2.75, 3.05) is 14.2 Å². The van der Waals surface area contributed by atoms with Crippen LogP contribution in [0.5, 0.6) is 17.2 Å². The Morgan fingerprint density at radius 2 is 1.61 bits per heavy atom. The second-order valence-corrected chi connectivity index (χ2v) is 9.67. The molecule has 0 unspecified atom stereocenters. The first-order valence-corrected chi connectivity index (χ1v) is 12.0. The van der Waals surface area contributed by atoms with Gasteiger partial charge in [0.15, 0.2) is 11.4 Å². The Labute approximate surface area is 213 Å². The van der Waals surface area contributed by atoms with Crippen LogP contribution in [0.15, 0.2) is 72.8 Å². The van der Waals surface area contributed by atoms with Gasteiger partial charge in [0.05, 0.1) is 14.2 Å². The number of hydrogen-bond acceptors (Lipinski definition) is 6. The molecule has 0 amide bonds. The van der Waals surface area contributed by atoms with Gasteiger partial charge in [0.2, 0.25) is 0 Å². The van der Waals surface area contributed by atoms with Gasteiger partial charge in [0.1, 0.15) is 17.2 Å². The van der Waals surface area contributed by atoms with Crippen LogP contribution in [0, 0.1) is 0 Å². The molecule has 0 aliphatic heterocycles. The van der Waals surface area contributed by atoms with Crippen molar-refractivity contribution in [1.82, 2.24) is 0 Å². The summed E-state index contributed by atoms with van der Waals surface area (Å²) in [7, 11) is 3.19. The van der Waals surface area contributed by atoms with Gasteiger partial charge >= 0.3 is 5.97 Å². The molecule has 184 valence electrons. The van der Waals surface area contributed by atoms with Gasteiger partial charge in [-0.2, -0.15) is 0 Å². The van der Waals surface area contributed by atoms with Crippen molar-refractivity contribution < 1.29 is 28.9 Å². The van der Waals surface area contributed by atoms with Gasteiger partial charge in [0, 0.05) is 32.3 Å². The third-order valence-electron chi connectivity index (χ3n) is 5.68. The van der Waals surface area contributed by atoms with Crippen LogP contribution < -0.4 is 14.2 Å². The van der Waals surface area contributed by atoms with E-state index in [1.54, 1.807) is 55.9 Å². The second-order valence-electron chi connectivity index (χ2n) is 8.58. The van der Waals surface area contributed by atoms with E-state index < -0.39 is 11.6 Å². The Kier molecular flexibility index (Phi) is 7.12. The number of rotatable bonds is 9. The molecule has 4 aromatic rings. The van der Waals surface area contributed by atoms with E-state index in [0.717, 1.165) is 21.4 Å². The first kappa shape index (κ1) is 25.0. The van der Waals surface area contributed by atoms with E-state index in [1.165, 1.54) is 24.6 Å². The highest BCUT2D eigenvalue weighted by molar-refractivity contribution is 7.22. The number of ether oxygens (including phenoxy) is 3. The number of hydrogen-bond donors (Lipinski definition) is 1. The number of fused-ring (bicyclic) bond motifs is 1. The third-order valence-corrected chi connectivity index (χ3v) is 6.83. The standard InChI is InChI=1S/C29H26O6S/c1-29(2,28(31)32)35-21-12-9-18(10-13-21)23(30)14-11-19-15-22(25(34-4)17-24(19)33-3)27-16-20-7-5-6-8-26(20)36-27/h5-17H,1-4H3,(H,31,32)/b14-11+. The fourth-order valence-electron chi connectivity index (χ4n) is 3.65. The van der Waals surface area contributed by atoms with Crippen molar-refractivity contribution in [2.45, 2.75) is 19.4 Å². The highest BCUT2D eigenvalue weighted by Crippen LogP contribution is 2.41. The highest BCUT2D eigenvalue weighted by Gasteiger charge is 2.29. The lowest BCUT2D eigenvalue weighted by Gasteiger charge is -2.21. The number of carboxylic acid groups (broad SMARTS) is 1. The summed E-state index contributed by atoms with van der Waals surface area (Å²) in [6, 6.07) is 20.5. The number of aliphatic carboxylic acids is 1. The van der Waals surface area contributed by atoms with E-state index in [-0.39, 0.29) is 5.78 Å². The molecular weight excluding hydrogens is 476 g/mol. The van der Waals surface area contributed by atoms with Gasteiger partial charge in [-0.05, 0) is 73.9 Å². The second kappa shape index (κ2) is 10.3. The van der Waals surface area contributed by atoms with Crippen LogP contribution in [0.3, 0.4) is 0 Å². The van der Waals surface area contributed by atoms with E-state index >= 15 is 0 Å². The molecule has 1 aromatic heterocycles. The van der Waals surface area contributed by atoms with Crippen LogP contribution >= 0.6 is 11.3 Å². The van der Waals surface area contributed by atoms with Gasteiger partial charge in [-0.25, -0.2) is 4.79 Å². The molecule has 4 rings (SSSR count). The molecule has 0 atom stereocenters. The minimum atomic E-state index is -1.37. The Bertz CT molecular complexity index is 1410. The first-order valence-electron chi connectivity index (χ1n) is 11.2. The molecule has 3 aromatic carbocycles. The van der Waals surface area contributed by atoms with E-state index in [4.69, 9.17) is 14.2 Å². The summed E-state index contributed by atoms with van der Waals surface area (Å²) in [6.45, 7) is 2.93. The number of carboxylic acids is 1. The number of benzene rings is 3. The molecule has 0 radical (unpaired) electrons. The lowest BCUT2D eigenvalue weighted by Crippen LogP contribution is -2.37. The lowest BCUT2D eigenvalue weighted by molar-refractivity contribution is -0.152. The zero-order chi connectivity index (χ0) is 25.9. The Balaban J connectivity index is 1.61. The molecule has 0 aliphatic rings. The van der Waals surface area contributed by atoms with Crippen LogP contribution in [0.1, 0.15) is 29.8 Å². The van der Waals surface area contributed by atoms with Crippen molar-refractivity contribution in [1.29, 1.82) is 0 Å². The maximum absolute atomic E-state index is 12.8. The summed E-state index contributed by atoms with van der Waals surface area (Å²) >= 11 is 1.67. The smallest absolute Gasteiger partial charge is 0.347 e. The van der Waals surface area contributed by atoms with Crippen molar-refractivity contribution in [2.24, 2.45) is 0 Å². The van der Waals surface area contributed by atoms with Crippen molar-refractivity contribution in [3.05, 3.63) is 83.9 Å². The van der Waals surface area contributed by atoms with Crippen LogP contribution in [-0.2, 0) is 4.79 Å². The topological polar surface area (TPSA) is 82.1 Å². The average molecular weight is 503 g/mol. The molecular formula is C29H26O6S. The summed E-state index contributed by atoms with van der Waals surface area (Å²) in [6.07, 6.45) is 3.20. The maximum atomic E-state index is 12.8. The molecule has 0 saturated carbocycles. The number of carbonyl (C=O) groups excluding carboxylic acids is 1. The molecule has 0 saturated heterocycles. The molecule has 0 aliphatic carbocycles. The van der Waals surface area contributed by atoms with E-state index in [9.17, 15) is 14.7 Å². The van der Waals surface area contributed by atoms with Crippen LogP contribution in [0.25, 0.3) is 26.6 Å². The summed E-state index contributed by atoms with van der Waals surface area (Å²) < 4.78 is 17.9. The minimum absolute atomic E-state index is 0.208. The number of methoxy groups -OCH3 is 2. The molecule has 7 heteroatoms. The van der Waals surface area contributed by atoms with E-state index in [0.29, 0.717) is 22.8 Å². The van der Waals surface area contributed by atoms with Crippen molar-refractivity contribution in [3.63, 3.8) is 0 Å². The fourth-order valence-corrected chi connectivity index (χ4v) is 4.73. The molecule has 1 heterocycles. The summed E-state index contributed by atoms with van der Waals surface area (Å²) in [4.78, 5) is 25.2. The molecule has 0 bridgehead atoms. The molecule has 6 nitrogen and oxygen atoms in total. The molecule has 0 fully saturated rings. The highest BCUT2D eigenvalue weighted by atomic mass is 32.1. The quantitative estimate of drug-likeness (QED) is 0.202. The molecule has 0 spiro atoms. The average Bonchev–Trinajstić information content (AvgIpc) is 3.31. The Morgan fingerprint density at radius 1 is 0.917 bits per heavy atom. The molecule has 36 heavy (non-hydrogen) atoms. The molecule has 1 N–H and O–H groups in total. The normalized spacial score (nSPS) is 11.6. The maximum Gasteiger partial charge on any atom is 0.347 e. The number of allylic oxidation sites excluding steroid dienone is 1. The van der Waals surface area contributed by atoms with Crippen LogP contribution in [-0.4, -0.2) is 36.7 Å². The SMILES string of the molecule is COc1cc(OC)c(-c2cc3ccccc3s2)cc1/C=C/C(=O)c1ccc(OC(C)(C)C(=O)O)cc1. The fraction of sp³-hybridized carbons (Fsp3) is 0.172. The summed E-state index contributed by atoms with van der Waals surface area (Å²) in [5, 5.41) is 10.4. The first-order chi connectivity index (χ1) is 17.2. The van der Waals surface area contributed by atoms with E-state index in [1.807, 2.05) is 24.3 Å². The van der Waals surface area contributed by atoms with Gasteiger partial charge in [-0.3, -0.25) is 4.79 Å². The lowest BCUT2D eigenvalue weighted by atomic mass is 10.0. The van der Waals surface area contributed by atoms with E-state index in [2.05, 4.69) is 18.2 Å². The van der Waals surface area contributed by atoms with Crippen LogP contribution in [0.2, 0.25) is 0 Å². The minimum Gasteiger partial charge on any atom is -0.496 e. The van der Waals surface area contributed by atoms with Gasteiger partial charge < -0.3 is 19.3 Å². The third kappa shape index (κ3) is 5.26. The largest absolute Gasteiger partial charge is 0.496 e. The number of thiophene rings is 1. The zero-order valence-corrected chi connectivity index (χ0v) is 21.2. The Morgan fingerprint density at radius 3 is 2.25 bits per heavy atom. The number of carbonyl (C=O) groups is 2. The van der Waals surface area contributed by atoms with Crippen LogP contribution in [0.4, 0.5) is 0 Å². The van der Waals surface area contributed by atoms with Gasteiger partial charge in [0.25, 0.3) is 0 Å². The number of ketones is 1. The van der Waals surface area contributed by atoms with Crippen molar-refractivity contribution in [3.8, 4) is 27.7 Å². The summed E-state index contributed by atoms with van der Waals surface area (Å²) in [5.74, 6) is 0.351. The predicted octanol–water partition coefficient (Wildman–Crippen LogP) is 6.72. The monoisotopic (exact) mass is 502 g/mol. The Hall–Kier alpha value is -4.10. The van der Waals surface area contributed by atoms with Gasteiger partial charge in [-0.1, -0.05) is 18.2 Å².